The van der Waals surface area contributed by atoms with Gasteiger partial charge in [0.05, 0.1) is 24.4 Å². The van der Waals surface area contributed by atoms with Crippen LogP contribution in [0.15, 0.2) is 53.4 Å². The Kier molecular flexibility index (Phi) is 5.00. The summed E-state index contributed by atoms with van der Waals surface area (Å²) in [6.45, 7) is 4.70. The fourth-order valence-electron chi connectivity index (χ4n) is 4.36. The van der Waals surface area contributed by atoms with Gasteiger partial charge < -0.3 is 18.6 Å². The number of hydrogen-bond acceptors (Lipinski definition) is 5. The van der Waals surface area contributed by atoms with Gasteiger partial charge in [0.2, 0.25) is 11.8 Å². The molecule has 0 aromatic carbocycles. The fraction of sp³-hybridized carbons (Fsp3) is 0.409. The molecule has 8 heteroatoms. The molecule has 0 spiro atoms. The number of rotatable bonds is 5. The molecule has 30 heavy (non-hydrogen) atoms. The summed E-state index contributed by atoms with van der Waals surface area (Å²) in [4.78, 5) is 35.9. The molecule has 0 aliphatic carbocycles. The van der Waals surface area contributed by atoms with Crippen LogP contribution in [-0.2, 0) is 22.7 Å². The van der Waals surface area contributed by atoms with E-state index >= 15 is 0 Å². The Morgan fingerprint density at radius 2 is 1.97 bits per heavy atom. The summed E-state index contributed by atoms with van der Waals surface area (Å²) in [6.07, 6.45) is 5.95. The summed E-state index contributed by atoms with van der Waals surface area (Å²) in [5.74, 6) is 0.613. The standard InChI is InChI=1S/C22H25N5O3/c28-21-12-17(13-27(21)16-19-4-3-11-30-19)22(29)25-9-7-24(8-10-25)14-18-15-26-6-2-1-5-20(26)23-18/h1-6,11,15,17H,7-10,12-14,16H2. The normalized spacial score (nSPS) is 20.4. The molecule has 2 fully saturated rings. The smallest absolute Gasteiger partial charge is 0.228 e. The van der Waals surface area contributed by atoms with Crippen molar-refractivity contribution in [3.8, 4) is 0 Å². The molecule has 0 radical (unpaired) electrons. The molecule has 1 unspecified atom stereocenters. The maximum Gasteiger partial charge on any atom is 0.228 e. The van der Waals surface area contributed by atoms with Crippen LogP contribution in [0.4, 0.5) is 0 Å². The van der Waals surface area contributed by atoms with Gasteiger partial charge in [-0.1, -0.05) is 6.07 Å². The van der Waals surface area contributed by atoms with Crippen molar-refractivity contribution in [2.75, 3.05) is 32.7 Å². The van der Waals surface area contributed by atoms with Crippen LogP contribution in [-0.4, -0.2) is 68.6 Å². The number of piperazine rings is 1. The van der Waals surface area contributed by atoms with Gasteiger partial charge in [0.1, 0.15) is 11.4 Å². The molecule has 1 atom stereocenters. The number of carbonyl (C=O) groups is 2. The predicted molar refractivity (Wildman–Crippen MR) is 109 cm³/mol. The Hall–Kier alpha value is -3.13. The summed E-state index contributed by atoms with van der Waals surface area (Å²) >= 11 is 0. The van der Waals surface area contributed by atoms with Gasteiger partial charge in [0, 0.05) is 58.1 Å². The number of carbonyl (C=O) groups excluding carboxylic acids is 2. The largest absolute Gasteiger partial charge is 0.467 e. The van der Waals surface area contributed by atoms with Gasteiger partial charge in [-0.3, -0.25) is 14.5 Å². The number of furan rings is 1. The van der Waals surface area contributed by atoms with Gasteiger partial charge in [-0.15, -0.1) is 0 Å². The van der Waals surface area contributed by atoms with Crippen LogP contribution in [0.2, 0.25) is 0 Å². The Morgan fingerprint density at radius 1 is 1.10 bits per heavy atom. The Morgan fingerprint density at radius 3 is 2.73 bits per heavy atom. The maximum absolute atomic E-state index is 13.0. The second-order valence-corrected chi connectivity index (χ2v) is 8.05. The second kappa shape index (κ2) is 7.95. The zero-order chi connectivity index (χ0) is 20.5. The minimum Gasteiger partial charge on any atom is -0.467 e. The molecule has 2 aliphatic rings. The molecule has 5 heterocycles. The Labute approximate surface area is 174 Å². The van der Waals surface area contributed by atoms with Crippen molar-refractivity contribution in [3.05, 3.63) is 60.4 Å². The van der Waals surface area contributed by atoms with Crippen LogP contribution in [0.1, 0.15) is 17.9 Å². The summed E-state index contributed by atoms with van der Waals surface area (Å²) in [7, 11) is 0. The van der Waals surface area contributed by atoms with E-state index in [2.05, 4.69) is 16.1 Å². The van der Waals surface area contributed by atoms with Crippen LogP contribution < -0.4 is 0 Å². The molecule has 156 valence electrons. The molecule has 2 aliphatic heterocycles. The van der Waals surface area contributed by atoms with Gasteiger partial charge in [0.15, 0.2) is 0 Å². The predicted octanol–water partition coefficient (Wildman–Crippen LogP) is 1.62. The van der Waals surface area contributed by atoms with Crippen LogP contribution >= 0.6 is 0 Å². The van der Waals surface area contributed by atoms with Crippen molar-refractivity contribution in [3.63, 3.8) is 0 Å². The maximum atomic E-state index is 13.0. The average Bonchev–Trinajstić information content (AvgIpc) is 3.49. The van der Waals surface area contributed by atoms with Crippen molar-refractivity contribution < 1.29 is 14.0 Å². The minimum absolute atomic E-state index is 0.0234. The average molecular weight is 407 g/mol. The summed E-state index contributed by atoms with van der Waals surface area (Å²) in [5.41, 5.74) is 1.99. The van der Waals surface area contributed by atoms with Crippen LogP contribution in [0.25, 0.3) is 5.65 Å². The molecule has 8 nitrogen and oxygen atoms in total. The highest BCUT2D eigenvalue weighted by atomic mass is 16.3. The number of nitrogens with zero attached hydrogens (tertiary/aromatic N) is 5. The molecule has 0 saturated carbocycles. The van der Waals surface area contributed by atoms with Crippen molar-refractivity contribution in [2.45, 2.75) is 19.5 Å². The van der Waals surface area contributed by atoms with E-state index in [0.29, 0.717) is 32.6 Å². The number of likely N-dealkylation sites (tertiary alicyclic amines) is 1. The van der Waals surface area contributed by atoms with E-state index in [1.165, 1.54) is 0 Å². The molecule has 2 amide bonds. The van der Waals surface area contributed by atoms with E-state index in [9.17, 15) is 9.59 Å². The first kappa shape index (κ1) is 18.9. The van der Waals surface area contributed by atoms with Gasteiger partial charge >= 0.3 is 0 Å². The molecular weight excluding hydrogens is 382 g/mol. The molecule has 3 aromatic heterocycles. The highest BCUT2D eigenvalue weighted by molar-refractivity contribution is 5.89. The lowest BCUT2D eigenvalue weighted by atomic mass is 10.1. The second-order valence-electron chi connectivity index (χ2n) is 8.05. The van der Waals surface area contributed by atoms with Gasteiger partial charge in [0.25, 0.3) is 0 Å². The van der Waals surface area contributed by atoms with Gasteiger partial charge in [-0.2, -0.15) is 0 Å². The number of imidazole rings is 1. The lowest BCUT2D eigenvalue weighted by Gasteiger charge is -2.35. The van der Waals surface area contributed by atoms with E-state index in [-0.39, 0.29) is 17.7 Å². The molecule has 5 rings (SSSR count). The van der Waals surface area contributed by atoms with Crippen molar-refractivity contribution in [2.24, 2.45) is 5.92 Å². The quantitative estimate of drug-likeness (QED) is 0.643. The number of amides is 2. The molecule has 2 saturated heterocycles. The minimum atomic E-state index is -0.252. The van der Waals surface area contributed by atoms with E-state index in [0.717, 1.165) is 36.7 Å². The van der Waals surface area contributed by atoms with E-state index in [1.54, 1.807) is 11.2 Å². The number of hydrogen-bond donors (Lipinski definition) is 0. The Bertz CT molecular complexity index is 1000. The summed E-state index contributed by atoms with van der Waals surface area (Å²) in [6, 6.07) is 9.64. The van der Waals surface area contributed by atoms with Crippen molar-refractivity contribution >= 4 is 17.5 Å². The first-order chi connectivity index (χ1) is 14.7. The lowest BCUT2D eigenvalue weighted by molar-refractivity contribution is -0.137. The first-order valence-corrected chi connectivity index (χ1v) is 10.4. The summed E-state index contributed by atoms with van der Waals surface area (Å²) < 4.78 is 7.36. The third-order valence-corrected chi connectivity index (χ3v) is 5.97. The first-order valence-electron chi connectivity index (χ1n) is 10.4. The van der Waals surface area contributed by atoms with Crippen molar-refractivity contribution in [1.82, 2.24) is 24.1 Å². The monoisotopic (exact) mass is 407 g/mol. The van der Waals surface area contributed by atoms with E-state index < -0.39 is 0 Å². The zero-order valence-corrected chi connectivity index (χ0v) is 16.8. The van der Waals surface area contributed by atoms with Crippen LogP contribution in [0.3, 0.4) is 0 Å². The summed E-state index contributed by atoms with van der Waals surface area (Å²) in [5, 5.41) is 0. The topological polar surface area (TPSA) is 74.3 Å². The SMILES string of the molecule is O=C1CC(C(=O)N2CCN(Cc3cn4ccccc4n3)CC2)CN1Cc1ccco1. The highest BCUT2D eigenvalue weighted by Gasteiger charge is 2.37. The third kappa shape index (κ3) is 3.82. The number of fused-ring (bicyclic) bond motifs is 1. The van der Waals surface area contributed by atoms with Crippen molar-refractivity contribution in [1.29, 1.82) is 0 Å². The number of pyridine rings is 1. The van der Waals surface area contributed by atoms with E-state index in [4.69, 9.17) is 4.42 Å². The van der Waals surface area contributed by atoms with E-state index in [1.807, 2.05) is 45.8 Å². The van der Waals surface area contributed by atoms with Crippen LogP contribution in [0, 0.1) is 5.92 Å². The lowest BCUT2D eigenvalue weighted by Crippen LogP contribution is -2.50. The molecular formula is C22H25N5O3. The van der Waals surface area contributed by atoms with Gasteiger partial charge in [-0.25, -0.2) is 4.98 Å². The molecule has 0 bridgehead atoms. The zero-order valence-electron chi connectivity index (χ0n) is 16.8. The molecule has 0 N–H and O–H groups in total. The number of aromatic nitrogens is 2. The molecule has 3 aromatic rings. The Balaban J connectivity index is 1.13. The van der Waals surface area contributed by atoms with Gasteiger partial charge in [-0.05, 0) is 24.3 Å². The van der Waals surface area contributed by atoms with Crippen LogP contribution in [0.5, 0.6) is 0 Å². The highest BCUT2D eigenvalue weighted by Crippen LogP contribution is 2.23. The fourth-order valence-corrected chi connectivity index (χ4v) is 4.36. The third-order valence-electron chi connectivity index (χ3n) is 5.97.